The summed E-state index contributed by atoms with van der Waals surface area (Å²) in [5.74, 6) is 0.313. The van der Waals surface area contributed by atoms with Crippen LogP contribution in [0.4, 0.5) is 4.39 Å². The summed E-state index contributed by atoms with van der Waals surface area (Å²) >= 11 is 3.36. The van der Waals surface area contributed by atoms with Crippen molar-refractivity contribution in [2.45, 2.75) is 44.8 Å². The van der Waals surface area contributed by atoms with Gasteiger partial charge in [0.25, 0.3) is 0 Å². The highest BCUT2D eigenvalue weighted by molar-refractivity contribution is 9.10. The SMILES string of the molecule is CC(CCCNC1CC1)Oc1cc(F)ccc1Br. The second-order valence-electron chi connectivity index (χ2n) is 4.87. The van der Waals surface area contributed by atoms with Crippen LogP contribution in [0.3, 0.4) is 0 Å². The predicted octanol–water partition coefficient (Wildman–Crippen LogP) is 3.89. The zero-order valence-corrected chi connectivity index (χ0v) is 12.2. The highest BCUT2D eigenvalue weighted by Gasteiger charge is 2.19. The quantitative estimate of drug-likeness (QED) is 0.771. The maximum Gasteiger partial charge on any atom is 0.136 e. The first kappa shape index (κ1) is 13.8. The fraction of sp³-hybridized carbons (Fsp3) is 0.571. The molecule has 1 unspecified atom stereocenters. The molecule has 2 rings (SSSR count). The molecule has 0 aromatic heterocycles. The number of benzene rings is 1. The van der Waals surface area contributed by atoms with Gasteiger partial charge in [-0.2, -0.15) is 0 Å². The van der Waals surface area contributed by atoms with Crippen LogP contribution in [-0.2, 0) is 0 Å². The monoisotopic (exact) mass is 315 g/mol. The minimum Gasteiger partial charge on any atom is -0.489 e. The van der Waals surface area contributed by atoms with Crippen molar-refractivity contribution in [1.82, 2.24) is 5.32 Å². The predicted molar refractivity (Wildman–Crippen MR) is 74.4 cm³/mol. The second-order valence-corrected chi connectivity index (χ2v) is 5.73. The van der Waals surface area contributed by atoms with E-state index in [1.54, 1.807) is 6.07 Å². The standard InChI is InChI=1S/C14H19BrFNO/c1-10(3-2-8-17-12-5-6-12)18-14-9-11(16)4-7-13(14)15/h4,7,9-10,12,17H,2-3,5-6,8H2,1H3. The molecule has 1 aromatic rings. The van der Waals surface area contributed by atoms with Crippen LogP contribution in [0, 0.1) is 5.82 Å². The molecule has 1 saturated carbocycles. The molecule has 1 atom stereocenters. The van der Waals surface area contributed by atoms with Crippen LogP contribution >= 0.6 is 15.9 Å². The maximum absolute atomic E-state index is 13.1. The van der Waals surface area contributed by atoms with Crippen LogP contribution in [0.1, 0.15) is 32.6 Å². The Kier molecular flexibility index (Phi) is 5.01. The molecule has 1 aromatic carbocycles. The van der Waals surface area contributed by atoms with Crippen molar-refractivity contribution in [1.29, 1.82) is 0 Å². The first-order valence-corrected chi connectivity index (χ1v) is 7.29. The zero-order valence-electron chi connectivity index (χ0n) is 10.6. The van der Waals surface area contributed by atoms with Crippen molar-refractivity contribution < 1.29 is 9.13 Å². The van der Waals surface area contributed by atoms with Gasteiger partial charge in [-0.05, 0) is 67.2 Å². The summed E-state index contributed by atoms with van der Waals surface area (Å²) in [4.78, 5) is 0. The molecule has 18 heavy (non-hydrogen) atoms. The maximum atomic E-state index is 13.1. The highest BCUT2D eigenvalue weighted by Crippen LogP contribution is 2.27. The summed E-state index contributed by atoms with van der Waals surface area (Å²) < 4.78 is 19.6. The van der Waals surface area contributed by atoms with Gasteiger partial charge in [-0.25, -0.2) is 4.39 Å². The molecule has 1 N–H and O–H groups in total. The van der Waals surface area contributed by atoms with Crippen LogP contribution in [0.15, 0.2) is 22.7 Å². The van der Waals surface area contributed by atoms with Crippen molar-refractivity contribution in [3.63, 3.8) is 0 Å². The van der Waals surface area contributed by atoms with E-state index in [-0.39, 0.29) is 11.9 Å². The van der Waals surface area contributed by atoms with Crippen LogP contribution in [0.2, 0.25) is 0 Å². The summed E-state index contributed by atoms with van der Waals surface area (Å²) in [6.07, 6.45) is 4.81. The number of hydrogen-bond donors (Lipinski definition) is 1. The van der Waals surface area contributed by atoms with E-state index >= 15 is 0 Å². The fourth-order valence-corrected chi connectivity index (χ4v) is 2.17. The van der Waals surface area contributed by atoms with Crippen molar-refractivity contribution in [2.75, 3.05) is 6.54 Å². The molecule has 2 nitrogen and oxygen atoms in total. The molecular formula is C14H19BrFNO. The third-order valence-electron chi connectivity index (χ3n) is 3.02. The minimum absolute atomic E-state index is 0.101. The molecule has 0 spiro atoms. The van der Waals surface area contributed by atoms with Crippen molar-refractivity contribution in [2.24, 2.45) is 0 Å². The average Bonchev–Trinajstić information content (AvgIpc) is 3.13. The van der Waals surface area contributed by atoms with E-state index in [0.29, 0.717) is 5.75 Å². The third-order valence-corrected chi connectivity index (χ3v) is 3.67. The first-order chi connectivity index (χ1) is 8.65. The van der Waals surface area contributed by atoms with E-state index < -0.39 is 0 Å². The molecule has 0 saturated heterocycles. The minimum atomic E-state index is -0.268. The zero-order chi connectivity index (χ0) is 13.0. The Hall–Kier alpha value is -0.610. The van der Waals surface area contributed by atoms with E-state index in [0.717, 1.165) is 29.9 Å². The Morgan fingerprint density at radius 3 is 3.00 bits per heavy atom. The van der Waals surface area contributed by atoms with Gasteiger partial charge < -0.3 is 10.1 Å². The molecule has 100 valence electrons. The van der Waals surface area contributed by atoms with Gasteiger partial charge in [0.05, 0.1) is 10.6 Å². The second kappa shape index (κ2) is 6.53. The van der Waals surface area contributed by atoms with Gasteiger partial charge >= 0.3 is 0 Å². The van der Waals surface area contributed by atoms with Gasteiger partial charge in [-0.1, -0.05) is 0 Å². The topological polar surface area (TPSA) is 21.3 Å². The lowest BCUT2D eigenvalue weighted by Crippen LogP contribution is -2.20. The third kappa shape index (κ3) is 4.58. The molecule has 4 heteroatoms. The van der Waals surface area contributed by atoms with Crippen molar-refractivity contribution >= 4 is 15.9 Å². The number of rotatable bonds is 7. The Balaban J connectivity index is 1.71. The largest absolute Gasteiger partial charge is 0.489 e. The molecule has 0 aliphatic heterocycles. The molecule has 1 fully saturated rings. The van der Waals surface area contributed by atoms with Crippen LogP contribution < -0.4 is 10.1 Å². The molecule has 0 radical (unpaired) electrons. The summed E-state index contributed by atoms with van der Waals surface area (Å²) in [6.45, 7) is 3.07. The van der Waals surface area contributed by atoms with Crippen molar-refractivity contribution in [3.8, 4) is 5.75 Å². The van der Waals surface area contributed by atoms with Crippen LogP contribution in [0.5, 0.6) is 5.75 Å². The van der Waals surface area contributed by atoms with Gasteiger partial charge in [0.2, 0.25) is 0 Å². The Morgan fingerprint density at radius 1 is 1.50 bits per heavy atom. The number of halogens is 2. The van der Waals surface area contributed by atoms with E-state index in [2.05, 4.69) is 21.2 Å². The Bertz CT molecular complexity index is 395. The molecule has 1 aliphatic rings. The van der Waals surface area contributed by atoms with Crippen LogP contribution in [0.25, 0.3) is 0 Å². The smallest absolute Gasteiger partial charge is 0.136 e. The van der Waals surface area contributed by atoms with E-state index in [1.807, 2.05) is 6.92 Å². The van der Waals surface area contributed by atoms with Crippen molar-refractivity contribution in [3.05, 3.63) is 28.5 Å². The lowest BCUT2D eigenvalue weighted by molar-refractivity contribution is 0.205. The lowest BCUT2D eigenvalue weighted by atomic mass is 10.2. The number of ether oxygens (including phenoxy) is 1. The summed E-state index contributed by atoms with van der Waals surface area (Å²) in [5.41, 5.74) is 0. The fourth-order valence-electron chi connectivity index (χ4n) is 1.83. The summed E-state index contributed by atoms with van der Waals surface area (Å²) in [6, 6.07) is 5.27. The lowest BCUT2D eigenvalue weighted by Gasteiger charge is -2.16. The highest BCUT2D eigenvalue weighted by atomic mass is 79.9. The van der Waals surface area contributed by atoms with Gasteiger partial charge in [0, 0.05) is 12.1 Å². The molecular weight excluding hydrogens is 297 g/mol. The molecule has 0 amide bonds. The molecule has 1 aliphatic carbocycles. The van der Waals surface area contributed by atoms with E-state index in [4.69, 9.17) is 4.74 Å². The van der Waals surface area contributed by atoms with E-state index in [1.165, 1.54) is 25.0 Å². The van der Waals surface area contributed by atoms with Gasteiger partial charge in [-0.3, -0.25) is 0 Å². The summed E-state index contributed by atoms with van der Waals surface area (Å²) in [5, 5.41) is 3.47. The van der Waals surface area contributed by atoms with Crippen LogP contribution in [-0.4, -0.2) is 18.7 Å². The number of nitrogens with one attached hydrogen (secondary N) is 1. The Morgan fingerprint density at radius 2 is 2.28 bits per heavy atom. The van der Waals surface area contributed by atoms with E-state index in [9.17, 15) is 4.39 Å². The number of hydrogen-bond acceptors (Lipinski definition) is 2. The first-order valence-electron chi connectivity index (χ1n) is 6.50. The van der Waals surface area contributed by atoms with Gasteiger partial charge in [0.15, 0.2) is 0 Å². The normalized spacial score (nSPS) is 16.6. The summed E-state index contributed by atoms with van der Waals surface area (Å²) in [7, 11) is 0. The Labute approximate surface area is 116 Å². The average molecular weight is 316 g/mol. The molecule has 0 bridgehead atoms. The molecule has 0 heterocycles. The van der Waals surface area contributed by atoms with Gasteiger partial charge in [-0.15, -0.1) is 0 Å². The van der Waals surface area contributed by atoms with Gasteiger partial charge in [0.1, 0.15) is 11.6 Å².